The summed E-state index contributed by atoms with van der Waals surface area (Å²) in [5.41, 5.74) is -0.132. The molecule has 9 heteroatoms. The van der Waals surface area contributed by atoms with Crippen LogP contribution in [0.15, 0.2) is 12.1 Å². The Hall–Kier alpha value is -2.09. The van der Waals surface area contributed by atoms with Crippen molar-refractivity contribution in [1.82, 2.24) is 20.2 Å². The Morgan fingerprint density at radius 1 is 1.35 bits per heavy atom. The van der Waals surface area contributed by atoms with Gasteiger partial charge in [0, 0.05) is 13.0 Å². The van der Waals surface area contributed by atoms with Crippen LogP contribution in [0, 0.1) is 11.6 Å². The van der Waals surface area contributed by atoms with Crippen LogP contribution in [0.1, 0.15) is 12.8 Å². The summed E-state index contributed by atoms with van der Waals surface area (Å²) >= 11 is 5.47. The van der Waals surface area contributed by atoms with E-state index >= 15 is 0 Å². The Labute approximate surface area is 117 Å². The molecule has 0 saturated carbocycles. The molecule has 0 aliphatic rings. The van der Waals surface area contributed by atoms with E-state index in [-0.39, 0.29) is 35.8 Å². The van der Waals surface area contributed by atoms with Gasteiger partial charge in [-0.2, -0.15) is 0 Å². The molecule has 0 spiro atoms. The first-order chi connectivity index (χ1) is 9.49. The third-order valence-corrected chi connectivity index (χ3v) is 2.83. The number of nitrogens with zero attached hydrogens (tertiary/aromatic N) is 4. The molecule has 1 N–H and O–H groups in total. The van der Waals surface area contributed by atoms with Crippen LogP contribution in [0.3, 0.4) is 0 Å². The number of hydrogen-bond acceptors (Lipinski definition) is 4. The molecule has 0 aliphatic heterocycles. The number of carboxylic acids is 1. The number of tetrazole rings is 1. The van der Waals surface area contributed by atoms with Crippen molar-refractivity contribution in [3.05, 3.63) is 28.8 Å². The molecule has 0 aliphatic carbocycles. The number of rotatable bonds is 5. The van der Waals surface area contributed by atoms with E-state index in [9.17, 15) is 13.6 Å². The van der Waals surface area contributed by atoms with Gasteiger partial charge in [-0.05, 0) is 29.0 Å². The van der Waals surface area contributed by atoms with Gasteiger partial charge in [-0.3, -0.25) is 4.79 Å². The number of aliphatic carboxylic acids is 1. The van der Waals surface area contributed by atoms with Crippen LogP contribution in [0.4, 0.5) is 8.78 Å². The van der Waals surface area contributed by atoms with E-state index in [1.54, 1.807) is 0 Å². The average Bonchev–Trinajstić information content (AvgIpc) is 2.81. The van der Waals surface area contributed by atoms with Gasteiger partial charge >= 0.3 is 5.97 Å². The summed E-state index contributed by atoms with van der Waals surface area (Å²) in [4.78, 5) is 10.4. The molecule has 6 nitrogen and oxygen atoms in total. The summed E-state index contributed by atoms with van der Waals surface area (Å²) in [6.45, 7) is 0.179. The maximum absolute atomic E-state index is 13.8. The average molecular weight is 303 g/mol. The summed E-state index contributed by atoms with van der Waals surface area (Å²) in [7, 11) is 0. The standard InChI is InChI=1S/C11H9ClF2N4O2/c12-7-5-8(13)6(4-9(7)14)11-15-16-17-18(11)3-1-2-10(19)20/h4-5H,1-3H2,(H,19,20). The monoisotopic (exact) mass is 302 g/mol. The molecule has 0 fully saturated rings. The molecule has 1 aromatic carbocycles. The van der Waals surface area contributed by atoms with E-state index in [4.69, 9.17) is 16.7 Å². The van der Waals surface area contributed by atoms with Crippen LogP contribution < -0.4 is 0 Å². The number of aryl methyl sites for hydroxylation is 1. The van der Waals surface area contributed by atoms with Crippen molar-refractivity contribution in [2.75, 3.05) is 0 Å². The van der Waals surface area contributed by atoms with Crippen LogP contribution in [0.5, 0.6) is 0 Å². The van der Waals surface area contributed by atoms with E-state index in [1.165, 1.54) is 4.68 Å². The van der Waals surface area contributed by atoms with E-state index in [1.807, 2.05) is 0 Å². The van der Waals surface area contributed by atoms with Gasteiger partial charge in [0.05, 0.1) is 10.6 Å². The normalized spacial score (nSPS) is 10.8. The van der Waals surface area contributed by atoms with Gasteiger partial charge in [-0.1, -0.05) is 11.6 Å². The van der Waals surface area contributed by atoms with E-state index in [0.717, 1.165) is 12.1 Å². The van der Waals surface area contributed by atoms with Crippen LogP contribution in [0.2, 0.25) is 5.02 Å². The highest BCUT2D eigenvalue weighted by atomic mass is 35.5. The van der Waals surface area contributed by atoms with Crippen LogP contribution in [-0.2, 0) is 11.3 Å². The van der Waals surface area contributed by atoms with Gasteiger partial charge in [0.15, 0.2) is 5.82 Å². The van der Waals surface area contributed by atoms with E-state index < -0.39 is 17.6 Å². The quantitative estimate of drug-likeness (QED) is 0.856. The first kappa shape index (κ1) is 14.3. The van der Waals surface area contributed by atoms with Gasteiger partial charge in [0.1, 0.15) is 11.6 Å². The zero-order chi connectivity index (χ0) is 14.7. The lowest BCUT2D eigenvalue weighted by Gasteiger charge is -2.05. The molecule has 0 bridgehead atoms. The Morgan fingerprint density at radius 3 is 2.80 bits per heavy atom. The van der Waals surface area contributed by atoms with Crippen LogP contribution >= 0.6 is 11.6 Å². The van der Waals surface area contributed by atoms with Crippen molar-refractivity contribution < 1.29 is 18.7 Å². The highest BCUT2D eigenvalue weighted by Crippen LogP contribution is 2.26. The minimum atomic E-state index is -0.955. The molecule has 1 aromatic heterocycles. The van der Waals surface area contributed by atoms with Crippen molar-refractivity contribution in [2.45, 2.75) is 19.4 Å². The van der Waals surface area contributed by atoms with Crippen molar-refractivity contribution in [3.63, 3.8) is 0 Å². The van der Waals surface area contributed by atoms with Gasteiger partial charge in [-0.25, -0.2) is 13.5 Å². The first-order valence-electron chi connectivity index (χ1n) is 5.62. The molecule has 2 aromatic rings. The lowest BCUT2D eigenvalue weighted by molar-refractivity contribution is -0.137. The maximum Gasteiger partial charge on any atom is 0.303 e. The fourth-order valence-corrected chi connectivity index (χ4v) is 1.77. The third-order valence-electron chi connectivity index (χ3n) is 2.54. The molecule has 0 unspecified atom stereocenters. The molecule has 2 rings (SSSR count). The smallest absolute Gasteiger partial charge is 0.303 e. The number of benzene rings is 1. The second-order valence-electron chi connectivity index (χ2n) is 3.97. The predicted octanol–water partition coefficient (Wildman–Crippen LogP) is 2.14. The lowest BCUT2D eigenvalue weighted by Crippen LogP contribution is -2.06. The first-order valence-corrected chi connectivity index (χ1v) is 5.99. The molecule has 0 radical (unpaired) electrons. The number of aromatic nitrogens is 4. The highest BCUT2D eigenvalue weighted by Gasteiger charge is 2.16. The van der Waals surface area contributed by atoms with Gasteiger partial charge in [0.2, 0.25) is 0 Å². The Kier molecular flexibility index (Phi) is 4.23. The number of carboxylic acid groups (broad SMARTS) is 1. The minimum Gasteiger partial charge on any atom is -0.481 e. The Morgan fingerprint density at radius 2 is 2.10 bits per heavy atom. The van der Waals surface area contributed by atoms with E-state index in [0.29, 0.717) is 0 Å². The molecule has 0 atom stereocenters. The van der Waals surface area contributed by atoms with Gasteiger partial charge in [0.25, 0.3) is 0 Å². The zero-order valence-electron chi connectivity index (χ0n) is 10.1. The Bertz CT molecular complexity index is 647. The second-order valence-corrected chi connectivity index (χ2v) is 4.38. The summed E-state index contributed by atoms with van der Waals surface area (Å²) in [6, 6.07) is 1.74. The minimum absolute atomic E-state index is 0.0171. The summed E-state index contributed by atoms with van der Waals surface area (Å²) < 4.78 is 28.4. The molecule has 0 amide bonds. The summed E-state index contributed by atoms with van der Waals surface area (Å²) in [5, 5.41) is 18.8. The fraction of sp³-hybridized carbons (Fsp3) is 0.273. The highest BCUT2D eigenvalue weighted by molar-refractivity contribution is 6.30. The second kappa shape index (κ2) is 5.91. The number of halogens is 3. The third kappa shape index (κ3) is 3.08. The lowest BCUT2D eigenvalue weighted by atomic mass is 10.2. The van der Waals surface area contributed by atoms with Crippen LogP contribution in [-0.4, -0.2) is 31.3 Å². The molecule has 20 heavy (non-hydrogen) atoms. The Balaban J connectivity index is 2.28. The van der Waals surface area contributed by atoms with Crippen molar-refractivity contribution in [2.24, 2.45) is 0 Å². The van der Waals surface area contributed by atoms with Gasteiger partial charge in [-0.15, -0.1) is 5.10 Å². The molecule has 0 saturated heterocycles. The molecule has 106 valence electrons. The largest absolute Gasteiger partial charge is 0.481 e. The van der Waals surface area contributed by atoms with E-state index in [2.05, 4.69) is 15.5 Å². The topological polar surface area (TPSA) is 80.9 Å². The zero-order valence-corrected chi connectivity index (χ0v) is 10.8. The van der Waals surface area contributed by atoms with Crippen molar-refractivity contribution >= 4 is 17.6 Å². The molecule has 1 heterocycles. The predicted molar refractivity (Wildman–Crippen MR) is 65.0 cm³/mol. The van der Waals surface area contributed by atoms with Crippen molar-refractivity contribution in [3.8, 4) is 11.4 Å². The number of hydrogen-bond donors (Lipinski definition) is 1. The maximum atomic E-state index is 13.8. The molecular weight excluding hydrogens is 294 g/mol. The fourth-order valence-electron chi connectivity index (χ4n) is 1.62. The SMILES string of the molecule is O=C(O)CCCn1nnnc1-c1cc(F)c(Cl)cc1F. The summed E-state index contributed by atoms with van der Waals surface area (Å²) in [5.74, 6) is -2.49. The van der Waals surface area contributed by atoms with Gasteiger partial charge < -0.3 is 5.11 Å². The van der Waals surface area contributed by atoms with Crippen molar-refractivity contribution in [1.29, 1.82) is 0 Å². The number of carbonyl (C=O) groups is 1. The van der Waals surface area contributed by atoms with Crippen LogP contribution in [0.25, 0.3) is 11.4 Å². The summed E-state index contributed by atoms with van der Waals surface area (Å²) in [6.07, 6.45) is 0.196. The molecular formula is C11H9ClF2N4O2.